The number of piperazine rings is 1. The first-order chi connectivity index (χ1) is 19.4. The molecule has 40 heavy (non-hydrogen) atoms. The van der Waals surface area contributed by atoms with E-state index in [2.05, 4.69) is 45.3 Å². The zero-order valence-corrected chi connectivity index (χ0v) is 24.2. The van der Waals surface area contributed by atoms with Crippen LogP contribution in [0.3, 0.4) is 0 Å². The predicted molar refractivity (Wildman–Crippen MR) is 159 cm³/mol. The Kier molecular flexibility index (Phi) is 9.57. The minimum Gasteiger partial charge on any atom is -0.489 e. The van der Waals surface area contributed by atoms with Crippen molar-refractivity contribution in [2.24, 2.45) is 11.8 Å². The molecular formula is C32H45N5O3. The molecule has 2 fully saturated rings. The van der Waals surface area contributed by atoms with E-state index >= 15 is 0 Å². The average molecular weight is 548 g/mol. The number of aromatic nitrogens is 1. The zero-order chi connectivity index (χ0) is 27.9. The Hall–Kier alpha value is -3.13. The molecule has 8 heteroatoms. The maximum Gasteiger partial charge on any atom is 0.251 e. The predicted octanol–water partition coefficient (Wildman–Crippen LogP) is 4.89. The Morgan fingerprint density at radius 2 is 1.77 bits per heavy atom. The van der Waals surface area contributed by atoms with Gasteiger partial charge in [-0.15, -0.1) is 0 Å². The van der Waals surface area contributed by atoms with Crippen LogP contribution in [0.5, 0.6) is 5.75 Å². The van der Waals surface area contributed by atoms with Gasteiger partial charge >= 0.3 is 0 Å². The molecule has 8 nitrogen and oxygen atoms in total. The lowest BCUT2D eigenvalue weighted by Gasteiger charge is -2.37. The van der Waals surface area contributed by atoms with Crippen LogP contribution >= 0.6 is 0 Å². The molecule has 2 N–H and O–H groups in total. The minimum absolute atomic E-state index is 0.0207. The fourth-order valence-corrected chi connectivity index (χ4v) is 6.08. The van der Waals surface area contributed by atoms with E-state index in [-0.39, 0.29) is 17.9 Å². The van der Waals surface area contributed by atoms with Crippen LogP contribution in [0.2, 0.25) is 0 Å². The monoisotopic (exact) mass is 547 g/mol. The van der Waals surface area contributed by atoms with E-state index in [9.17, 15) is 9.59 Å². The third-order valence-electron chi connectivity index (χ3n) is 8.67. The molecule has 2 aliphatic heterocycles. The SMILES string of the molecule is CC(C)CCC(=O)Nc1ccc(C(=O)NC2CCC(CCN3CCN(c4nccc5c4OCC5)CC3)CC2)cc1. The molecule has 1 aromatic carbocycles. The number of hydrogen-bond acceptors (Lipinski definition) is 6. The van der Waals surface area contributed by atoms with E-state index in [0.29, 0.717) is 17.9 Å². The first-order valence-corrected chi connectivity index (χ1v) is 15.2. The van der Waals surface area contributed by atoms with Crippen molar-refractivity contribution in [2.75, 3.05) is 49.5 Å². The topological polar surface area (TPSA) is 86.8 Å². The second-order valence-electron chi connectivity index (χ2n) is 12.1. The normalized spacial score (nSPS) is 21.1. The van der Waals surface area contributed by atoms with Crippen molar-refractivity contribution in [3.63, 3.8) is 0 Å². The van der Waals surface area contributed by atoms with Gasteiger partial charge < -0.3 is 20.3 Å². The second kappa shape index (κ2) is 13.5. The number of nitrogens with zero attached hydrogens (tertiary/aromatic N) is 3. The Morgan fingerprint density at radius 3 is 2.50 bits per heavy atom. The van der Waals surface area contributed by atoms with Gasteiger partial charge in [-0.05, 0) is 87.2 Å². The van der Waals surface area contributed by atoms with E-state index in [4.69, 9.17) is 4.74 Å². The summed E-state index contributed by atoms with van der Waals surface area (Å²) < 4.78 is 5.87. The first kappa shape index (κ1) is 28.4. The smallest absolute Gasteiger partial charge is 0.251 e. The summed E-state index contributed by atoms with van der Waals surface area (Å²) in [6, 6.07) is 9.55. The largest absolute Gasteiger partial charge is 0.489 e. The maximum atomic E-state index is 12.8. The molecule has 0 spiro atoms. The molecular weight excluding hydrogens is 502 g/mol. The highest BCUT2D eigenvalue weighted by Gasteiger charge is 2.27. The van der Waals surface area contributed by atoms with E-state index in [1.165, 1.54) is 24.8 Å². The average Bonchev–Trinajstić information content (AvgIpc) is 3.46. The number of fused-ring (bicyclic) bond motifs is 1. The summed E-state index contributed by atoms with van der Waals surface area (Å²) in [5.41, 5.74) is 2.67. The van der Waals surface area contributed by atoms with Crippen molar-refractivity contribution in [3.05, 3.63) is 47.7 Å². The standard InChI is InChI=1S/C32H45N5O3/c1-23(2)3-12-29(38)34-27-10-6-26(7-11-27)32(39)35-28-8-4-24(5-9-28)14-17-36-18-20-37(21-19-36)31-30-25(13-16-33-31)15-22-40-30/h6-7,10-11,13,16,23-24,28H,3-5,8-9,12,14-15,17-22H2,1-2H3,(H,34,38)(H,35,39). The number of nitrogens with one attached hydrogen (secondary N) is 2. The molecule has 0 atom stereocenters. The Morgan fingerprint density at radius 1 is 1.02 bits per heavy atom. The van der Waals surface area contributed by atoms with Crippen molar-refractivity contribution in [3.8, 4) is 5.75 Å². The van der Waals surface area contributed by atoms with Crippen LogP contribution in [0.1, 0.15) is 74.7 Å². The molecule has 1 saturated heterocycles. The molecule has 0 radical (unpaired) electrons. The van der Waals surface area contributed by atoms with Gasteiger partial charge in [0.2, 0.25) is 5.91 Å². The van der Waals surface area contributed by atoms with E-state index < -0.39 is 0 Å². The highest BCUT2D eigenvalue weighted by atomic mass is 16.5. The van der Waals surface area contributed by atoms with E-state index in [1.54, 1.807) is 12.1 Å². The van der Waals surface area contributed by atoms with Crippen molar-refractivity contribution >= 4 is 23.3 Å². The van der Waals surface area contributed by atoms with Crippen LogP contribution in [0.25, 0.3) is 0 Å². The van der Waals surface area contributed by atoms with Gasteiger partial charge in [0.25, 0.3) is 5.91 Å². The van der Waals surface area contributed by atoms with Crippen LogP contribution < -0.4 is 20.3 Å². The van der Waals surface area contributed by atoms with Crippen molar-refractivity contribution in [1.82, 2.24) is 15.2 Å². The van der Waals surface area contributed by atoms with Crippen LogP contribution in [0.15, 0.2) is 36.5 Å². The Labute approximate surface area is 238 Å². The fourth-order valence-electron chi connectivity index (χ4n) is 6.08. The van der Waals surface area contributed by atoms with Crippen molar-refractivity contribution in [2.45, 2.75) is 71.3 Å². The molecule has 5 rings (SSSR count). The fraction of sp³-hybridized carbons (Fsp3) is 0.594. The van der Waals surface area contributed by atoms with Gasteiger partial charge in [-0.1, -0.05) is 13.8 Å². The third kappa shape index (κ3) is 7.53. The van der Waals surface area contributed by atoms with Gasteiger partial charge in [0.1, 0.15) is 0 Å². The summed E-state index contributed by atoms with van der Waals surface area (Å²) in [6.07, 6.45) is 9.95. The van der Waals surface area contributed by atoms with Crippen molar-refractivity contribution in [1.29, 1.82) is 0 Å². The van der Waals surface area contributed by atoms with Crippen LogP contribution in [-0.4, -0.2) is 67.1 Å². The minimum atomic E-state index is -0.0250. The number of carbonyl (C=O) groups is 2. The van der Waals surface area contributed by atoms with Crippen LogP contribution in [0.4, 0.5) is 11.5 Å². The zero-order valence-electron chi connectivity index (χ0n) is 24.2. The molecule has 0 unspecified atom stereocenters. The van der Waals surface area contributed by atoms with Gasteiger partial charge in [-0.25, -0.2) is 4.98 Å². The van der Waals surface area contributed by atoms with Crippen LogP contribution in [-0.2, 0) is 11.2 Å². The van der Waals surface area contributed by atoms with Gasteiger partial charge in [-0.2, -0.15) is 0 Å². The number of hydrogen-bond donors (Lipinski definition) is 2. The lowest BCUT2D eigenvalue weighted by atomic mass is 9.84. The number of pyridine rings is 1. The second-order valence-corrected chi connectivity index (χ2v) is 12.1. The molecule has 1 aromatic heterocycles. The lowest BCUT2D eigenvalue weighted by Crippen LogP contribution is -2.47. The summed E-state index contributed by atoms with van der Waals surface area (Å²) in [6.45, 7) is 10.3. The molecule has 2 amide bonds. The van der Waals surface area contributed by atoms with E-state index in [0.717, 1.165) is 88.2 Å². The lowest BCUT2D eigenvalue weighted by molar-refractivity contribution is -0.116. The van der Waals surface area contributed by atoms with Crippen molar-refractivity contribution < 1.29 is 14.3 Å². The summed E-state index contributed by atoms with van der Waals surface area (Å²) >= 11 is 0. The number of amides is 2. The summed E-state index contributed by atoms with van der Waals surface area (Å²) in [7, 11) is 0. The summed E-state index contributed by atoms with van der Waals surface area (Å²) in [4.78, 5) is 34.5. The Balaban J connectivity index is 0.982. The number of benzene rings is 1. The third-order valence-corrected chi connectivity index (χ3v) is 8.67. The summed E-state index contributed by atoms with van der Waals surface area (Å²) in [5, 5.41) is 6.15. The van der Waals surface area contributed by atoms with Gasteiger partial charge in [-0.3, -0.25) is 14.5 Å². The molecule has 3 aliphatic rings. The maximum absolute atomic E-state index is 12.8. The number of ether oxygens (including phenoxy) is 1. The molecule has 3 heterocycles. The Bertz CT molecular complexity index is 1140. The molecule has 1 aliphatic carbocycles. The number of anilines is 2. The van der Waals surface area contributed by atoms with Crippen LogP contribution in [0, 0.1) is 11.8 Å². The molecule has 1 saturated carbocycles. The number of rotatable bonds is 10. The van der Waals surface area contributed by atoms with Gasteiger partial charge in [0.15, 0.2) is 11.6 Å². The van der Waals surface area contributed by atoms with E-state index in [1.807, 2.05) is 18.3 Å². The van der Waals surface area contributed by atoms with Gasteiger partial charge in [0.05, 0.1) is 6.61 Å². The molecule has 2 aromatic rings. The molecule has 216 valence electrons. The van der Waals surface area contributed by atoms with Gasteiger partial charge in [0, 0.05) is 68.1 Å². The number of carbonyl (C=O) groups excluding carboxylic acids is 2. The first-order valence-electron chi connectivity index (χ1n) is 15.2. The highest BCUT2D eigenvalue weighted by Crippen LogP contribution is 2.34. The highest BCUT2D eigenvalue weighted by molar-refractivity contribution is 5.96. The summed E-state index contributed by atoms with van der Waals surface area (Å²) in [5.74, 6) is 3.25. The quantitative estimate of drug-likeness (QED) is 0.440. The molecule has 0 bridgehead atoms.